The maximum absolute atomic E-state index is 13.0. The standard InChI is InChI=1S/C21H21N9O/c1-16-23-19(27-7-2-3-8-27)14-20(24-16)28-9-11-29(12-10-28)21(31)17-5-4-6-18(13-17)30-15-22-25-26-30/h2-8,13-15H,9-12H2,1H3. The van der Waals surface area contributed by atoms with Gasteiger partial charge in [0, 0.05) is 50.2 Å². The van der Waals surface area contributed by atoms with Gasteiger partial charge in [-0.1, -0.05) is 6.07 Å². The highest BCUT2D eigenvalue weighted by Gasteiger charge is 2.24. The van der Waals surface area contributed by atoms with Crippen LogP contribution in [0.4, 0.5) is 5.82 Å². The van der Waals surface area contributed by atoms with Gasteiger partial charge in [-0.25, -0.2) is 14.6 Å². The first-order valence-corrected chi connectivity index (χ1v) is 10.0. The zero-order valence-corrected chi connectivity index (χ0v) is 17.0. The van der Waals surface area contributed by atoms with Crippen molar-refractivity contribution in [2.24, 2.45) is 0 Å². The van der Waals surface area contributed by atoms with Gasteiger partial charge in [-0.3, -0.25) is 4.79 Å². The number of aryl methyl sites for hydroxylation is 1. The molecule has 1 amide bonds. The van der Waals surface area contributed by atoms with Gasteiger partial charge in [0.2, 0.25) is 0 Å². The average Bonchev–Trinajstić information content (AvgIpc) is 3.53. The third-order valence-corrected chi connectivity index (χ3v) is 5.28. The van der Waals surface area contributed by atoms with E-state index in [4.69, 9.17) is 0 Å². The number of tetrazole rings is 1. The zero-order valence-electron chi connectivity index (χ0n) is 17.0. The highest BCUT2D eigenvalue weighted by molar-refractivity contribution is 5.95. The molecule has 5 rings (SSSR count). The number of anilines is 1. The Morgan fingerprint density at radius 1 is 0.935 bits per heavy atom. The number of carbonyl (C=O) groups excluding carboxylic acids is 1. The maximum atomic E-state index is 13.0. The van der Waals surface area contributed by atoms with Crippen molar-refractivity contribution >= 4 is 11.7 Å². The van der Waals surface area contributed by atoms with Crippen LogP contribution in [-0.4, -0.2) is 71.7 Å². The summed E-state index contributed by atoms with van der Waals surface area (Å²) < 4.78 is 3.50. The fraction of sp³-hybridized carbons (Fsp3) is 0.238. The third-order valence-electron chi connectivity index (χ3n) is 5.28. The van der Waals surface area contributed by atoms with E-state index in [0.717, 1.165) is 23.1 Å². The molecule has 1 fully saturated rings. The summed E-state index contributed by atoms with van der Waals surface area (Å²) in [5.74, 6) is 2.44. The van der Waals surface area contributed by atoms with E-state index < -0.39 is 0 Å². The molecule has 0 radical (unpaired) electrons. The Kier molecular flexibility index (Phi) is 4.87. The highest BCUT2D eigenvalue weighted by atomic mass is 16.2. The molecule has 0 atom stereocenters. The smallest absolute Gasteiger partial charge is 0.254 e. The number of nitrogens with zero attached hydrogens (tertiary/aromatic N) is 9. The lowest BCUT2D eigenvalue weighted by Crippen LogP contribution is -2.49. The van der Waals surface area contributed by atoms with Crippen LogP contribution in [0.3, 0.4) is 0 Å². The van der Waals surface area contributed by atoms with E-state index in [1.54, 1.807) is 0 Å². The van der Waals surface area contributed by atoms with Crippen molar-refractivity contribution < 1.29 is 4.79 Å². The van der Waals surface area contributed by atoms with Crippen LogP contribution in [0.2, 0.25) is 0 Å². The number of hydrogen-bond acceptors (Lipinski definition) is 7. The molecule has 0 spiro atoms. The van der Waals surface area contributed by atoms with Crippen LogP contribution in [0.25, 0.3) is 11.5 Å². The molecule has 4 aromatic rings. The van der Waals surface area contributed by atoms with Crippen LogP contribution < -0.4 is 4.90 Å². The highest BCUT2D eigenvalue weighted by Crippen LogP contribution is 2.19. The molecule has 0 N–H and O–H groups in total. The lowest BCUT2D eigenvalue weighted by Gasteiger charge is -2.35. The number of carbonyl (C=O) groups is 1. The quantitative estimate of drug-likeness (QED) is 0.498. The molecule has 0 saturated carbocycles. The van der Waals surface area contributed by atoms with Crippen molar-refractivity contribution in [1.29, 1.82) is 0 Å². The van der Waals surface area contributed by atoms with E-state index in [0.29, 0.717) is 31.7 Å². The number of benzene rings is 1. The van der Waals surface area contributed by atoms with E-state index in [1.165, 1.54) is 11.0 Å². The molecule has 31 heavy (non-hydrogen) atoms. The third kappa shape index (κ3) is 3.87. The number of aromatic nitrogens is 7. The van der Waals surface area contributed by atoms with Crippen LogP contribution in [0.5, 0.6) is 0 Å². The Morgan fingerprint density at radius 3 is 2.45 bits per heavy atom. The summed E-state index contributed by atoms with van der Waals surface area (Å²) in [6, 6.07) is 13.3. The second kappa shape index (κ2) is 7.98. The van der Waals surface area contributed by atoms with Gasteiger partial charge in [-0.15, -0.1) is 5.10 Å². The molecule has 1 saturated heterocycles. The number of hydrogen-bond donors (Lipinski definition) is 0. The Labute approximate surface area is 178 Å². The van der Waals surface area contributed by atoms with Gasteiger partial charge in [0.15, 0.2) is 0 Å². The summed E-state index contributed by atoms with van der Waals surface area (Å²) in [7, 11) is 0. The molecule has 10 heteroatoms. The fourth-order valence-corrected chi connectivity index (χ4v) is 3.70. The maximum Gasteiger partial charge on any atom is 0.254 e. The van der Waals surface area contributed by atoms with Crippen LogP contribution >= 0.6 is 0 Å². The molecule has 0 bridgehead atoms. The molecule has 10 nitrogen and oxygen atoms in total. The summed E-state index contributed by atoms with van der Waals surface area (Å²) in [5.41, 5.74) is 1.37. The molecule has 1 aromatic carbocycles. The van der Waals surface area contributed by atoms with Gasteiger partial charge in [0.05, 0.1) is 5.69 Å². The van der Waals surface area contributed by atoms with Crippen molar-refractivity contribution in [1.82, 2.24) is 39.6 Å². The minimum atomic E-state index is 0.00136. The second-order valence-electron chi connectivity index (χ2n) is 7.31. The zero-order chi connectivity index (χ0) is 21.2. The minimum absolute atomic E-state index is 0.00136. The Hall–Kier alpha value is -4.08. The number of piperazine rings is 1. The summed E-state index contributed by atoms with van der Waals surface area (Å²) in [4.78, 5) is 26.3. The lowest BCUT2D eigenvalue weighted by atomic mass is 10.1. The van der Waals surface area contributed by atoms with Crippen molar-refractivity contribution in [2.75, 3.05) is 31.1 Å². The lowest BCUT2D eigenvalue weighted by molar-refractivity contribution is 0.0746. The molecule has 1 aliphatic heterocycles. The minimum Gasteiger partial charge on any atom is -0.353 e. The Bertz CT molecular complexity index is 1180. The molecule has 156 valence electrons. The second-order valence-corrected chi connectivity index (χ2v) is 7.31. The van der Waals surface area contributed by atoms with Crippen molar-refractivity contribution in [3.63, 3.8) is 0 Å². The normalized spacial score (nSPS) is 14.1. The van der Waals surface area contributed by atoms with E-state index in [9.17, 15) is 4.79 Å². The summed E-state index contributed by atoms with van der Waals surface area (Å²) in [6.07, 6.45) is 5.44. The van der Waals surface area contributed by atoms with E-state index in [-0.39, 0.29) is 5.91 Å². The topological polar surface area (TPSA) is 97.9 Å². The van der Waals surface area contributed by atoms with Crippen molar-refractivity contribution in [3.05, 3.63) is 72.6 Å². The van der Waals surface area contributed by atoms with Gasteiger partial charge < -0.3 is 14.4 Å². The predicted molar refractivity (Wildman–Crippen MR) is 113 cm³/mol. The van der Waals surface area contributed by atoms with E-state index in [2.05, 4.69) is 30.4 Å². The van der Waals surface area contributed by atoms with Gasteiger partial charge in [0.25, 0.3) is 5.91 Å². The van der Waals surface area contributed by atoms with E-state index in [1.807, 2.05) is 71.2 Å². The number of rotatable bonds is 4. The molecular formula is C21H21N9O. The molecule has 0 unspecified atom stereocenters. The Balaban J connectivity index is 1.29. The van der Waals surface area contributed by atoms with Gasteiger partial charge in [-0.05, 0) is 47.7 Å². The van der Waals surface area contributed by atoms with Crippen LogP contribution in [0, 0.1) is 6.92 Å². The monoisotopic (exact) mass is 415 g/mol. The van der Waals surface area contributed by atoms with Crippen LogP contribution in [-0.2, 0) is 0 Å². The van der Waals surface area contributed by atoms with Gasteiger partial charge in [0.1, 0.15) is 23.8 Å². The fourth-order valence-electron chi connectivity index (χ4n) is 3.70. The van der Waals surface area contributed by atoms with Crippen LogP contribution in [0.15, 0.2) is 61.2 Å². The molecule has 4 heterocycles. The molecule has 1 aliphatic rings. The summed E-state index contributed by atoms with van der Waals surface area (Å²) in [5, 5.41) is 11.2. The summed E-state index contributed by atoms with van der Waals surface area (Å²) >= 11 is 0. The first-order chi connectivity index (χ1) is 15.2. The predicted octanol–water partition coefficient (Wildman–Crippen LogP) is 1.51. The first kappa shape index (κ1) is 18.9. The summed E-state index contributed by atoms with van der Waals surface area (Å²) in [6.45, 7) is 4.56. The number of amides is 1. The van der Waals surface area contributed by atoms with E-state index >= 15 is 0 Å². The SMILES string of the molecule is Cc1nc(N2CCN(C(=O)c3cccc(-n4cnnn4)c3)CC2)cc(-n2cccc2)n1. The van der Waals surface area contributed by atoms with Gasteiger partial charge >= 0.3 is 0 Å². The van der Waals surface area contributed by atoms with Gasteiger partial charge in [-0.2, -0.15) is 0 Å². The molecule has 3 aromatic heterocycles. The Morgan fingerprint density at radius 2 is 1.71 bits per heavy atom. The molecular weight excluding hydrogens is 394 g/mol. The largest absolute Gasteiger partial charge is 0.353 e. The van der Waals surface area contributed by atoms with Crippen molar-refractivity contribution in [2.45, 2.75) is 6.92 Å². The molecule has 0 aliphatic carbocycles. The first-order valence-electron chi connectivity index (χ1n) is 10.0. The van der Waals surface area contributed by atoms with Crippen molar-refractivity contribution in [3.8, 4) is 11.5 Å². The average molecular weight is 415 g/mol. The van der Waals surface area contributed by atoms with Crippen LogP contribution in [0.1, 0.15) is 16.2 Å².